The van der Waals surface area contributed by atoms with Crippen LogP contribution in [0.25, 0.3) is 0 Å². The van der Waals surface area contributed by atoms with Gasteiger partial charge < -0.3 is 4.74 Å². The van der Waals surface area contributed by atoms with E-state index in [1.54, 1.807) is 0 Å². The molecule has 0 spiro atoms. The van der Waals surface area contributed by atoms with Gasteiger partial charge in [0.25, 0.3) is 0 Å². The van der Waals surface area contributed by atoms with Gasteiger partial charge in [-0.15, -0.1) is 13.2 Å². The fraction of sp³-hybridized carbons (Fsp3) is 0.636. The summed E-state index contributed by atoms with van der Waals surface area (Å²) >= 11 is 0. The molecule has 0 N–H and O–H groups in total. The van der Waals surface area contributed by atoms with Crippen LogP contribution in [0, 0.1) is 11.8 Å². The SMILES string of the molecule is CC1=CC(OC(F)(F)F)=CCC(C)C1C. The van der Waals surface area contributed by atoms with Crippen LogP contribution in [0.4, 0.5) is 13.2 Å². The van der Waals surface area contributed by atoms with Gasteiger partial charge in [0.05, 0.1) is 0 Å². The molecule has 0 aliphatic heterocycles. The quantitative estimate of drug-likeness (QED) is 0.648. The molecule has 0 fully saturated rings. The van der Waals surface area contributed by atoms with Crippen molar-refractivity contribution in [2.24, 2.45) is 11.8 Å². The van der Waals surface area contributed by atoms with Gasteiger partial charge in [0, 0.05) is 0 Å². The van der Waals surface area contributed by atoms with E-state index in [2.05, 4.69) is 4.74 Å². The highest BCUT2D eigenvalue weighted by molar-refractivity contribution is 5.22. The van der Waals surface area contributed by atoms with Gasteiger partial charge in [0.1, 0.15) is 5.76 Å². The van der Waals surface area contributed by atoms with Gasteiger partial charge in [-0.05, 0) is 37.3 Å². The van der Waals surface area contributed by atoms with Crippen molar-refractivity contribution in [1.82, 2.24) is 0 Å². The molecule has 0 saturated heterocycles. The molecule has 0 aromatic heterocycles. The van der Waals surface area contributed by atoms with Crippen LogP contribution < -0.4 is 0 Å². The van der Waals surface area contributed by atoms with Crippen molar-refractivity contribution in [1.29, 1.82) is 0 Å². The van der Waals surface area contributed by atoms with E-state index >= 15 is 0 Å². The topological polar surface area (TPSA) is 9.23 Å². The number of hydrogen-bond donors (Lipinski definition) is 0. The Morgan fingerprint density at radius 1 is 1.33 bits per heavy atom. The van der Waals surface area contributed by atoms with Crippen LogP contribution in [0.5, 0.6) is 0 Å². The molecule has 1 aliphatic carbocycles. The van der Waals surface area contributed by atoms with E-state index in [4.69, 9.17) is 0 Å². The number of allylic oxidation sites excluding steroid dienone is 3. The molecule has 4 heteroatoms. The van der Waals surface area contributed by atoms with Gasteiger partial charge in [-0.2, -0.15) is 0 Å². The molecule has 0 saturated carbocycles. The summed E-state index contributed by atoms with van der Waals surface area (Å²) in [5.74, 6) is 0.544. The van der Waals surface area contributed by atoms with Crippen LogP contribution in [0.15, 0.2) is 23.5 Å². The van der Waals surface area contributed by atoms with Gasteiger partial charge in [-0.25, -0.2) is 0 Å². The smallest absolute Gasteiger partial charge is 0.406 e. The molecule has 0 heterocycles. The first-order chi connectivity index (χ1) is 6.79. The zero-order valence-corrected chi connectivity index (χ0v) is 9.06. The average molecular weight is 220 g/mol. The highest BCUT2D eigenvalue weighted by Crippen LogP contribution is 2.30. The molecular weight excluding hydrogens is 205 g/mol. The van der Waals surface area contributed by atoms with E-state index < -0.39 is 6.36 Å². The molecule has 15 heavy (non-hydrogen) atoms. The summed E-state index contributed by atoms with van der Waals surface area (Å²) in [6.45, 7) is 5.87. The predicted molar refractivity (Wildman–Crippen MR) is 51.9 cm³/mol. The Balaban J connectivity index is 2.82. The lowest BCUT2D eigenvalue weighted by Crippen LogP contribution is -2.12. The van der Waals surface area contributed by atoms with Crippen molar-refractivity contribution in [2.45, 2.75) is 33.6 Å². The molecule has 1 nitrogen and oxygen atoms in total. The summed E-state index contributed by atoms with van der Waals surface area (Å²) in [7, 11) is 0. The Hall–Kier alpha value is -0.930. The van der Waals surface area contributed by atoms with Crippen LogP contribution in [0.3, 0.4) is 0 Å². The molecule has 86 valence electrons. The first-order valence-corrected chi connectivity index (χ1v) is 4.93. The Morgan fingerprint density at radius 2 is 1.93 bits per heavy atom. The fourth-order valence-electron chi connectivity index (χ4n) is 1.57. The van der Waals surface area contributed by atoms with Crippen LogP contribution in [0.2, 0.25) is 0 Å². The molecule has 0 radical (unpaired) electrons. The maximum atomic E-state index is 12.0. The normalized spacial score (nSPS) is 27.9. The largest absolute Gasteiger partial charge is 0.573 e. The second-order valence-electron chi connectivity index (χ2n) is 4.04. The van der Waals surface area contributed by atoms with Crippen molar-refractivity contribution < 1.29 is 17.9 Å². The molecule has 0 amide bonds. The van der Waals surface area contributed by atoms with E-state index in [9.17, 15) is 13.2 Å². The Kier molecular flexibility index (Phi) is 3.47. The van der Waals surface area contributed by atoms with Crippen LogP contribution in [-0.4, -0.2) is 6.36 Å². The van der Waals surface area contributed by atoms with Crippen molar-refractivity contribution in [3.05, 3.63) is 23.5 Å². The highest BCUT2D eigenvalue weighted by atomic mass is 19.4. The van der Waals surface area contributed by atoms with Crippen molar-refractivity contribution in [3.8, 4) is 0 Å². The van der Waals surface area contributed by atoms with Crippen LogP contribution >= 0.6 is 0 Å². The van der Waals surface area contributed by atoms with Crippen LogP contribution in [-0.2, 0) is 4.74 Å². The molecular formula is C11H15F3O. The minimum absolute atomic E-state index is 0.0869. The summed E-state index contributed by atoms with van der Waals surface area (Å²) in [6.07, 6.45) is -1.01. The second kappa shape index (κ2) is 4.29. The van der Waals surface area contributed by atoms with E-state index in [1.165, 1.54) is 12.2 Å². The molecule has 0 aromatic carbocycles. The van der Waals surface area contributed by atoms with Gasteiger partial charge >= 0.3 is 6.36 Å². The maximum absolute atomic E-state index is 12.0. The number of rotatable bonds is 1. The minimum Gasteiger partial charge on any atom is -0.406 e. The molecule has 2 atom stereocenters. The first-order valence-electron chi connectivity index (χ1n) is 4.93. The molecule has 0 aromatic rings. The van der Waals surface area contributed by atoms with Gasteiger partial charge in [-0.3, -0.25) is 0 Å². The molecule has 1 rings (SSSR count). The predicted octanol–water partition coefficient (Wildman–Crippen LogP) is 4.03. The highest BCUT2D eigenvalue weighted by Gasteiger charge is 2.32. The minimum atomic E-state index is -4.60. The number of alkyl halides is 3. The first kappa shape index (κ1) is 12.1. The monoisotopic (exact) mass is 220 g/mol. The zero-order valence-electron chi connectivity index (χ0n) is 9.06. The Morgan fingerprint density at radius 3 is 2.47 bits per heavy atom. The Labute approximate surface area is 87.6 Å². The second-order valence-corrected chi connectivity index (χ2v) is 4.04. The Bertz CT molecular complexity index is 289. The van der Waals surface area contributed by atoms with Gasteiger partial charge in [0.15, 0.2) is 0 Å². The lowest BCUT2D eigenvalue weighted by molar-refractivity contribution is -0.303. The third-order valence-electron chi connectivity index (χ3n) is 2.87. The third kappa shape index (κ3) is 3.61. The summed E-state index contributed by atoms with van der Waals surface area (Å²) in [6, 6.07) is 0. The lowest BCUT2D eigenvalue weighted by atomic mass is 9.89. The fourth-order valence-corrected chi connectivity index (χ4v) is 1.57. The number of halogens is 3. The van der Waals surface area contributed by atoms with Crippen molar-refractivity contribution in [3.63, 3.8) is 0 Å². The summed E-state index contributed by atoms with van der Waals surface area (Å²) in [5.41, 5.74) is 0.926. The van der Waals surface area contributed by atoms with Crippen molar-refractivity contribution in [2.75, 3.05) is 0 Å². The van der Waals surface area contributed by atoms with Crippen LogP contribution in [0.1, 0.15) is 27.2 Å². The van der Waals surface area contributed by atoms with Gasteiger partial charge in [0.2, 0.25) is 0 Å². The summed E-state index contributed by atoms with van der Waals surface area (Å²) in [5, 5.41) is 0. The molecule has 0 bridgehead atoms. The third-order valence-corrected chi connectivity index (χ3v) is 2.87. The number of ether oxygens (including phenoxy) is 1. The van der Waals surface area contributed by atoms with E-state index in [1.807, 2.05) is 20.8 Å². The summed E-state index contributed by atoms with van der Waals surface area (Å²) in [4.78, 5) is 0. The summed E-state index contributed by atoms with van der Waals surface area (Å²) < 4.78 is 39.9. The lowest BCUT2D eigenvalue weighted by Gasteiger charge is -2.16. The maximum Gasteiger partial charge on any atom is 0.573 e. The van der Waals surface area contributed by atoms with Gasteiger partial charge in [-0.1, -0.05) is 19.4 Å². The van der Waals surface area contributed by atoms with E-state index in [0.717, 1.165) is 5.57 Å². The average Bonchev–Trinajstić information content (AvgIpc) is 2.18. The molecule has 2 unspecified atom stereocenters. The standard InChI is InChI=1S/C11H15F3O/c1-7-4-5-10(15-11(12,13)14)6-8(2)9(7)3/h5-7,9H,4H2,1-3H3. The zero-order chi connectivity index (χ0) is 11.6. The van der Waals surface area contributed by atoms with Crippen molar-refractivity contribution >= 4 is 0 Å². The van der Waals surface area contributed by atoms with E-state index in [0.29, 0.717) is 12.3 Å². The molecule has 1 aliphatic rings. The number of hydrogen-bond acceptors (Lipinski definition) is 1. The van der Waals surface area contributed by atoms with E-state index in [-0.39, 0.29) is 11.7 Å².